The zero-order chi connectivity index (χ0) is 13.4. The van der Waals surface area contributed by atoms with E-state index in [1.54, 1.807) is 6.92 Å². The first-order valence-corrected chi connectivity index (χ1v) is 5.75. The van der Waals surface area contributed by atoms with Crippen molar-refractivity contribution in [3.63, 3.8) is 0 Å². The normalized spacial score (nSPS) is 13.9. The molecule has 0 saturated heterocycles. The van der Waals surface area contributed by atoms with E-state index in [0.29, 0.717) is 0 Å². The van der Waals surface area contributed by atoms with E-state index >= 15 is 0 Å². The fourth-order valence-electron chi connectivity index (χ4n) is 1.34. The van der Waals surface area contributed by atoms with Gasteiger partial charge in [0.25, 0.3) is 0 Å². The largest absolute Gasteiger partial charge is 0.464 e. The highest BCUT2D eigenvalue weighted by molar-refractivity contribution is 5.75. The lowest BCUT2D eigenvalue weighted by atomic mass is 10.2. The molecule has 1 aromatic rings. The molecule has 0 radical (unpaired) electrons. The summed E-state index contributed by atoms with van der Waals surface area (Å²) in [7, 11) is 0. The lowest BCUT2D eigenvalue weighted by Gasteiger charge is -2.14. The van der Waals surface area contributed by atoms with Crippen LogP contribution in [0.2, 0.25) is 0 Å². The lowest BCUT2D eigenvalue weighted by Crippen LogP contribution is -2.35. The van der Waals surface area contributed by atoms with Gasteiger partial charge in [-0.2, -0.15) is 0 Å². The Morgan fingerprint density at radius 1 is 1.39 bits per heavy atom. The Hall–Kier alpha value is -1.46. The number of aliphatic hydroxyl groups excluding tert-OH is 1. The number of carbonyl (C=O) groups is 1. The summed E-state index contributed by atoms with van der Waals surface area (Å²) in [4.78, 5) is 11.0. The molecule has 0 fully saturated rings. The van der Waals surface area contributed by atoms with Crippen LogP contribution in [-0.4, -0.2) is 36.6 Å². The Morgan fingerprint density at radius 3 is 2.67 bits per heavy atom. The number of hydrogen-bond acceptors (Lipinski definition) is 4. The van der Waals surface area contributed by atoms with Crippen molar-refractivity contribution in [1.82, 2.24) is 0 Å². The molecule has 0 aliphatic carbocycles. The minimum Gasteiger partial charge on any atom is -0.464 e. The Morgan fingerprint density at radius 2 is 2.06 bits per heavy atom. The number of hydrogen-bond donors (Lipinski definition) is 1. The van der Waals surface area contributed by atoms with E-state index in [1.807, 2.05) is 30.3 Å². The van der Waals surface area contributed by atoms with Gasteiger partial charge in [0, 0.05) is 0 Å². The molecule has 0 bridgehead atoms. The molecule has 1 N–H and O–H groups in total. The van der Waals surface area contributed by atoms with Gasteiger partial charge in [0.05, 0.1) is 19.8 Å². The first-order valence-electron chi connectivity index (χ1n) is 5.75. The van der Waals surface area contributed by atoms with Crippen molar-refractivity contribution in [1.29, 1.82) is 0 Å². The van der Waals surface area contributed by atoms with Crippen LogP contribution in [0.25, 0.3) is 0 Å². The third-order valence-corrected chi connectivity index (χ3v) is 2.25. The molecule has 0 aliphatic heterocycles. The van der Waals surface area contributed by atoms with Gasteiger partial charge in [-0.1, -0.05) is 30.3 Å². The highest BCUT2D eigenvalue weighted by Crippen LogP contribution is 2.05. The Labute approximate surface area is 105 Å². The van der Waals surface area contributed by atoms with Crippen LogP contribution in [-0.2, 0) is 20.9 Å². The van der Waals surface area contributed by atoms with E-state index in [4.69, 9.17) is 4.74 Å². The smallest absolute Gasteiger partial charge is 0.343 e. The van der Waals surface area contributed by atoms with Crippen LogP contribution in [0, 0.1) is 0 Å². The van der Waals surface area contributed by atoms with Gasteiger partial charge in [-0.25, -0.2) is 9.18 Å². The van der Waals surface area contributed by atoms with Gasteiger partial charge in [-0.3, -0.25) is 0 Å². The molecule has 5 heteroatoms. The van der Waals surface area contributed by atoms with Crippen molar-refractivity contribution in [2.24, 2.45) is 0 Å². The summed E-state index contributed by atoms with van der Waals surface area (Å²) in [6.45, 7) is 1.65. The van der Waals surface area contributed by atoms with Crippen LogP contribution in [0.4, 0.5) is 4.39 Å². The zero-order valence-corrected chi connectivity index (χ0v) is 10.2. The predicted octanol–water partition coefficient (Wildman–Crippen LogP) is 1.47. The van der Waals surface area contributed by atoms with Crippen LogP contribution in [0.1, 0.15) is 12.5 Å². The fraction of sp³-hybridized carbons (Fsp3) is 0.462. The summed E-state index contributed by atoms with van der Waals surface area (Å²) in [6, 6.07) is 9.28. The Bertz CT molecular complexity index is 355. The molecule has 0 spiro atoms. The van der Waals surface area contributed by atoms with Crippen molar-refractivity contribution < 1.29 is 23.8 Å². The van der Waals surface area contributed by atoms with E-state index in [9.17, 15) is 14.3 Å². The molecule has 0 heterocycles. The number of ether oxygens (including phenoxy) is 2. The van der Waals surface area contributed by atoms with Crippen molar-refractivity contribution in [3.05, 3.63) is 35.9 Å². The Balaban J connectivity index is 2.28. The third kappa shape index (κ3) is 4.81. The highest BCUT2D eigenvalue weighted by atomic mass is 19.1. The summed E-state index contributed by atoms with van der Waals surface area (Å²) < 4.78 is 22.9. The number of esters is 1. The van der Waals surface area contributed by atoms with Gasteiger partial charge in [0.15, 0.2) is 0 Å². The van der Waals surface area contributed by atoms with Crippen molar-refractivity contribution in [3.8, 4) is 0 Å². The first kappa shape index (κ1) is 14.6. The van der Waals surface area contributed by atoms with E-state index in [0.717, 1.165) is 5.56 Å². The van der Waals surface area contributed by atoms with Crippen molar-refractivity contribution in [2.75, 3.05) is 13.2 Å². The number of alkyl halides is 1. The average Bonchev–Trinajstić information content (AvgIpc) is 2.39. The average molecular weight is 256 g/mol. The summed E-state index contributed by atoms with van der Waals surface area (Å²) in [5.41, 5.74) is 0.913. The SMILES string of the molecule is CCOC(=O)[C@H](F)[C@H](O)COCc1ccccc1. The molecule has 0 aromatic heterocycles. The predicted molar refractivity (Wildman–Crippen MR) is 63.6 cm³/mol. The first-order chi connectivity index (χ1) is 8.65. The molecule has 0 aliphatic rings. The molecular weight excluding hydrogens is 239 g/mol. The highest BCUT2D eigenvalue weighted by Gasteiger charge is 2.27. The van der Waals surface area contributed by atoms with Gasteiger partial charge in [0.2, 0.25) is 6.17 Å². The summed E-state index contributed by atoms with van der Waals surface area (Å²) in [5.74, 6) is -1.06. The van der Waals surface area contributed by atoms with Gasteiger partial charge < -0.3 is 14.6 Å². The molecule has 1 rings (SSSR count). The van der Waals surface area contributed by atoms with Gasteiger partial charge in [-0.05, 0) is 12.5 Å². The molecule has 1 aromatic carbocycles. The van der Waals surface area contributed by atoms with Gasteiger partial charge in [-0.15, -0.1) is 0 Å². The van der Waals surface area contributed by atoms with Crippen molar-refractivity contribution in [2.45, 2.75) is 25.8 Å². The second-order valence-electron chi connectivity index (χ2n) is 3.72. The fourth-order valence-corrected chi connectivity index (χ4v) is 1.34. The number of rotatable bonds is 7. The van der Waals surface area contributed by atoms with Gasteiger partial charge >= 0.3 is 5.97 Å². The Kier molecular flexibility index (Phi) is 6.32. The van der Waals surface area contributed by atoms with E-state index in [2.05, 4.69) is 4.74 Å². The van der Waals surface area contributed by atoms with E-state index in [-0.39, 0.29) is 19.8 Å². The van der Waals surface area contributed by atoms with Crippen molar-refractivity contribution >= 4 is 5.97 Å². The van der Waals surface area contributed by atoms with Crippen LogP contribution < -0.4 is 0 Å². The zero-order valence-electron chi connectivity index (χ0n) is 10.2. The molecule has 0 amide bonds. The monoisotopic (exact) mass is 256 g/mol. The molecular formula is C13H17FO4. The molecule has 18 heavy (non-hydrogen) atoms. The second kappa shape index (κ2) is 7.79. The summed E-state index contributed by atoms with van der Waals surface area (Å²) in [5, 5.41) is 9.39. The number of carbonyl (C=O) groups excluding carboxylic acids is 1. The van der Waals surface area contributed by atoms with Crippen LogP contribution in [0.15, 0.2) is 30.3 Å². The molecule has 0 unspecified atom stereocenters. The second-order valence-corrected chi connectivity index (χ2v) is 3.72. The van der Waals surface area contributed by atoms with Crippen LogP contribution in [0.5, 0.6) is 0 Å². The minimum absolute atomic E-state index is 0.0802. The van der Waals surface area contributed by atoms with Gasteiger partial charge in [0.1, 0.15) is 6.10 Å². The molecule has 4 nitrogen and oxygen atoms in total. The number of aliphatic hydroxyl groups is 1. The lowest BCUT2D eigenvalue weighted by molar-refractivity contribution is -0.155. The van der Waals surface area contributed by atoms with E-state index in [1.165, 1.54) is 0 Å². The number of benzene rings is 1. The maximum absolute atomic E-state index is 13.3. The standard InChI is InChI=1S/C13H17FO4/c1-2-18-13(16)12(14)11(15)9-17-8-10-6-4-3-5-7-10/h3-7,11-12,15H,2,8-9H2,1H3/t11-,12-/m1/s1. The molecule has 100 valence electrons. The van der Waals surface area contributed by atoms with Crippen LogP contribution >= 0.6 is 0 Å². The molecule has 0 saturated carbocycles. The quantitative estimate of drug-likeness (QED) is 0.750. The maximum Gasteiger partial charge on any atom is 0.343 e. The summed E-state index contributed by atoms with van der Waals surface area (Å²) >= 11 is 0. The number of halogens is 1. The maximum atomic E-state index is 13.3. The molecule has 2 atom stereocenters. The van der Waals surface area contributed by atoms with Crippen LogP contribution in [0.3, 0.4) is 0 Å². The van der Waals surface area contributed by atoms with E-state index < -0.39 is 18.2 Å². The minimum atomic E-state index is -2.07. The third-order valence-electron chi connectivity index (χ3n) is 2.25. The topological polar surface area (TPSA) is 55.8 Å². The summed E-state index contributed by atoms with van der Waals surface area (Å²) in [6.07, 6.45) is -3.58.